The Morgan fingerprint density at radius 3 is 2.62 bits per heavy atom. The topological polar surface area (TPSA) is 73.6 Å². The van der Waals surface area contributed by atoms with E-state index in [4.69, 9.17) is 21.0 Å². The number of likely N-dealkylation sites (N-methyl/N-ethyl adjacent to an activating group) is 1. The molecule has 7 nitrogen and oxygen atoms in total. The van der Waals surface area contributed by atoms with Crippen LogP contribution in [0.25, 0.3) is 11.1 Å². The van der Waals surface area contributed by atoms with Gasteiger partial charge in [0.25, 0.3) is 0 Å². The van der Waals surface area contributed by atoms with Gasteiger partial charge in [-0.15, -0.1) is 0 Å². The number of urea groups is 1. The minimum Gasteiger partial charge on any atom is -0.439 e. The summed E-state index contributed by atoms with van der Waals surface area (Å²) in [6.45, 7) is 8.21. The van der Waals surface area contributed by atoms with Gasteiger partial charge in [-0.2, -0.15) is 0 Å². The van der Waals surface area contributed by atoms with E-state index in [2.05, 4.69) is 27.4 Å². The molecular weight excluding hydrogens is 390 g/mol. The summed E-state index contributed by atoms with van der Waals surface area (Å²) in [7, 11) is 0. The highest BCUT2D eigenvalue weighted by Crippen LogP contribution is 2.48. The van der Waals surface area contributed by atoms with Crippen LogP contribution in [0.15, 0.2) is 10.5 Å². The Balaban J connectivity index is 1.52. The number of halogens is 1. The Labute approximate surface area is 175 Å². The first kappa shape index (κ1) is 19.2. The van der Waals surface area contributed by atoms with Gasteiger partial charge >= 0.3 is 6.03 Å². The molecule has 2 aliphatic heterocycles. The minimum atomic E-state index is -0.414. The third-order valence-electron chi connectivity index (χ3n) is 6.72. The van der Waals surface area contributed by atoms with Crippen molar-refractivity contribution < 1.29 is 9.21 Å². The summed E-state index contributed by atoms with van der Waals surface area (Å²) < 4.78 is 6.32. The highest BCUT2D eigenvalue weighted by molar-refractivity contribution is 6.35. The summed E-state index contributed by atoms with van der Waals surface area (Å²) in [5.41, 5.74) is 2.79. The third-order valence-corrected chi connectivity index (χ3v) is 7.02. The van der Waals surface area contributed by atoms with Crippen molar-refractivity contribution in [3.05, 3.63) is 22.5 Å². The zero-order valence-corrected chi connectivity index (χ0v) is 17.6. The van der Waals surface area contributed by atoms with E-state index >= 15 is 0 Å². The van der Waals surface area contributed by atoms with E-state index in [1.54, 1.807) is 0 Å². The van der Waals surface area contributed by atoms with Crippen LogP contribution in [0.1, 0.15) is 50.5 Å². The number of amides is 2. The largest absolute Gasteiger partial charge is 0.439 e. The van der Waals surface area contributed by atoms with Crippen LogP contribution in [-0.4, -0.2) is 53.5 Å². The fourth-order valence-corrected chi connectivity index (χ4v) is 5.38. The van der Waals surface area contributed by atoms with E-state index in [0.29, 0.717) is 17.3 Å². The second kappa shape index (κ2) is 7.45. The van der Waals surface area contributed by atoms with E-state index in [0.717, 1.165) is 81.0 Å². The normalized spacial score (nSPS) is 22.5. The number of carbonyl (C=O) groups is 1. The molecule has 29 heavy (non-hydrogen) atoms. The number of anilines is 1. The predicted molar refractivity (Wildman–Crippen MR) is 113 cm³/mol. The van der Waals surface area contributed by atoms with Crippen LogP contribution in [0.5, 0.6) is 0 Å². The van der Waals surface area contributed by atoms with Crippen LogP contribution < -0.4 is 10.6 Å². The van der Waals surface area contributed by atoms with Gasteiger partial charge in [-0.3, -0.25) is 4.90 Å². The lowest BCUT2D eigenvalue weighted by molar-refractivity contribution is 0.124. The van der Waals surface area contributed by atoms with Crippen molar-refractivity contribution in [1.82, 2.24) is 20.1 Å². The maximum Gasteiger partial charge on any atom is 0.319 e. The summed E-state index contributed by atoms with van der Waals surface area (Å²) in [6.07, 6.45) is 5.15. The highest BCUT2D eigenvalue weighted by atomic mass is 35.5. The molecule has 1 spiro atoms. The molecule has 1 aliphatic carbocycles. The molecule has 2 fully saturated rings. The summed E-state index contributed by atoms with van der Waals surface area (Å²) in [5, 5.41) is 6.64. The maximum atomic E-state index is 12.4. The molecule has 1 aromatic carbocycles. The Bertz CT molecular complexity index is 929. The van der Waals surface area contributed by atoms with Crippen molar-refractivity contribution >= 4 is 34.4 Å². The van der Waals surface area contributed by atoms with Crippen molar-refractivity contribution in [1.29, 1.82) is 0 Å². The van der Waals surface area contributed by atoms with Crippen molar-refractivity contribution in [2.75, 3.05) is 38.0 Å². The van der Waals surface area contributed by atoms with Crippen LogP contribution >= 0.6 is 11.6 Å². The zero-order valence-electron chi connectivity index (χ0n) is 16.9. The quantitative estimate of drug-likeness (QED) is 0.791. The highest BCUT2D eigenvalue weighted by Gasteiger charge is 2.44. The smallest absolute Gasteiger partial charge is 0.319 e. The fraction of sp³-hybridized carbons (Fsp3) is 0.619. The minimum absolute atomic E-state index is 0.186. The SMILES string of the molecule is CCN1CCN(Cc2nc3cc(Cl)c4c(c3o2)C2(CCCCC2)NC(=O)N4)CC1. The van der Waals surface area contributed by atoms with E-state index in [1.165, 1.54) is 6.42 Å². The number of aromatic nitrogens is 1. The number of fused-ring (bicyclic) bond motifs is 4. The lowest BCUT2D eigenvalue weighted by Crippen LogP contribution is -2.52. The second-order valence-electron chi connectivity index (χ2n) is 8.50. The monoisotopic (exact) mass is 417 g/mol. The first-order valence-electron chi connectivity index (χ1n) is 10.7. The van der Waals surface area contributed by atoms with E-state index in [9.17, 15) is 4.79 Å². The molecule has 1 saturated heterocycles. The van der Waals surface area contributed by atoms with Gasteiger partial charge in [0.15, 0.2) is 5.58 Å². The number of rotatable bonds is 3. The lowest BCUT2D eigenvalue weighted by atomic mass is 9.74. The number of carbonyl (C=O) groups excluding carboxylic acids is 1. The molecule has 0 atom stereocenters. The van der Waals surface area contributed by atoms with Crippen molar-refractivity contribution in [3.8, 4) is 0 Å². The van der Waals surface area contributed by atoms with E-state index < -0.39 is 5.54 Å². The molecule has 0 unspecified atom stereocenters. The van der Waals surface area contributed by atoms with Gasteiger partial charge in [0.1, 0.15) is 5.52 Å². The van der Waals surface area contributed by atoms with Gasteiger partial charge in [-0.05, 0) is 25.5 Å². The number of oxazole rings is 1. The number of piperazine rings is 1. The van der Waals surface area contributed by atoms with Crippen molar-refractivity contribution in [3.63, 3.8) is 0 Å². The average molecular weight is 418 g/mol. The van der Waals surface area contributed by atoms with E-state index in [1.807, 2.05) is 6.07 Å². The number of benzene rings is 1. The first-order chi connectivity index (χ1) is 14.1. The van der Waals surface area contributed by atoms with Gasteiger partial charge < -0.3 is 20.0 Å². The molecular formula is C21H28ClN5O2. The van der Waals surface area contributed by atoms with Gasteiger partial charge in [0, 0.05) is 31.7 Å². The Kier molecular flexibility index (Phi) is 4.92. The Morgan fingerprint density at radius 2 is 1.90 bits per heavy atom. The van der Waals surface area contributed by atoms with Crippen molar-refractivity contribution in [2.24, 2.45) is 0 Å². The van der Waals surface area contributed by atoms with Gasteiger partial charge in [0.05, 0.1) is 22.8 Å². The van der Waals surface area contributed by atoms with Gasteiger partial charge in [-0.25, -0.2) is 9.78 Å². The van der Waals surface area contributed by atoms with Crippen LogP contribution in [0.4, 0.5) is 10.5 Å². The fourth-order valence-electron chi connectivity index (χ4n) is 5.14. The standard InChI is InChI=1S/C21H28ClN5O2/c1-2-26-8-10-27(11-9-26)13-16-23-15-12-14(22)18-17(19(15)29-16)21(25-20(28)24-18)6-4-3-5-7-21/h12H,2-11,13H2,1H3,(H2,24,25,28). The summed E-state index contributed by atoms with van der Waals surface area (Å²) in [4.78, 5) is 22.0. The molecule has 2 N–H and O–H groups in total. The van der Waals surface area contributed by atoms with E-state index in [-0.39, 0.29) is 6.03 Å². The second-order valence-corrected chi connectivity index (χ2v) is 8.90. The third kappa shape index (κ3) is 3.39. The number of hydrogen-bond donors (Lipinski definition) is 2. The number of nitrogens with one attached hydrogen (secondary N) is 2. The molecule has 2 aromatic rings. The first-order valence-corrected chi connectivity index (χ1v) is 11.1. The number of hydrogen-bond acceptors (Lipinski definition) is 5. The molecule has 3 aliphatic rings. The Hall–Kier alpha value is -1.83. The summed E-state index contributed by atoms with van der Waals surface area (Å²) >= 11 is 6.58. The molecule has 1 aromatic heterocycles. The van der Waals surface area contributed by atoms with Gasteiger partial charge in [-0.1, -0.05) is 37.8 Å². The summed E-state index contributed by atoms with van der Waals surface area (Å²) in [5.74, 6) is 0.720. The predicted octanol–water partition coefficient (Wildman–Crippen LogP) is 3.91. The average Bonchev–Trinajstić information content (AvgIpc) is 3.10. The van der Waals surface area contributed by atoms with Gasteiger partial charge in [0.2, 0.25) is 5.89 Å². The molecule has 156 valence electrons. The summed E-state index contributed by atoms with van der Waals surface area (Å²) in [6, 6.07) is 1.63. The lowest BCUT2D eigenvalue weighted by Gasteiger charge is -2.42. The molecule has 3 heterocycles. The molecule has 5 rings (SSSR count). The molecule has 0 bridgehead atoms. The number of nitrogens with zero attached hydrogens (tertiary/aromatic N) is 3. The molecule has 2 amide bonds. The van der Waals surface area contributed by atoms with Crippen LogP contribution in [0.3, 0.4) is 0 Å². The Morgan fingerprint density at radius 1 is 1.17 bits per heavy atom. The molecule has 1 saturated carbocycles. The maximum absolute atomic E-state index is 12.4. The van der Waals surface area contributed by atoms with Crippen LogP contribution in [-0.2, 0) is 12.1 Å². The molecule has 0 radical (unpaired) electrons. The van der Waals surface area contributed by atoms with Crippen LogP contribution in [0.2, 0.25) is 5.02 Å². The molecule has 8 heteroatoms. The van der Waals surface area contributed by atoms with Crippen LogP contribution in [0, 0.1) is 0 Å². The van der Waals surface area contributed by atoms with Crippen molar-refractivity contribution in [2.45, 2.75) is 51.1 Å². The zero-order chi connectivity index (χ0) is 20.0.